The zero-order valence-electron chi connectivity index (χ0n) is 11.6. The van der Waals surface area contributed by atoms with Gasteiger partial charge in [-0.3, -0.25) is 0 Å². The second-order valence-corrected chi connectivity index (χ2v) is 4.95. The van der Waals surface area contributed by atoms with Gasteiger partial charge in [-0.1, -0.05) is 24.3 Å². The third kappa shape index (κ3) is 4.67. The van der Waals surface area contributed by atoms with E-state index >= 15 is 0 Å². The topological polar surface area (TPSA) is 29.5 Å². The molecular weight excluding hydrogens is 255 g/mol. The number of aliphatic hydroxyl groups excluding tert-OH is 1. The van der Waals surface area contributed by atoms with Gasteiger partial charge in [0, 0.05) is 0 Å². The van der Waals surface area contributed by atoms with Gasteiger partial charge in [0.25, 0.3) is 0 Å². The number of halogens is 1. The van der Waals surface area contributed by atoms with Crippen LogP contribution in [0.2, 0.25) is 0 Å². The highest BCUT2D eigenvalue weighted by atomic mass is 19.1. The third-order valence-corrected chi connectivity index (χ3v) is 3.07. The van der Waals surface area contributed by atoms with Gasteiger partial charge in [-0.25, -0.2) is 4.39 Å². The number of aliphatic hydroxyl groups is 1. The van der Waals surface area contributed by atoms with Crippen molar-refractivity contribution in [2.75, 3.05) is 0 Å². The minimum absolute atomic E-state index is 0.250. The molecule has 3 heteroatoms. The lowest BCUT2D eigenvalue weighted by molar-refractivity contribution is 0.185. The van der Waals surface area contributed by atoms with Crippen LogP contribution in [0.1, 0.15) is 24.5 Å². The molecule has 0 heterocycles. The summed E-state index contributed by atoms with van der Waals surface area (Å²) in [7, 11) is 0. The fraction of sp³-hybridized carbons (Fsp3) is 0.294. The quantitative estimate of drug-likeness (QED) is 0.870. The molecule has 106 valence electrons. The van der Waals surface area contributed by atoms with Crippen LogP contribution in [0.4, 0.5) is 4.39 Å². The summed E-state index contributed by atoms with van der Waals surface area (Å²) in [5, 5.41) is 9.25. The number of ether oxygens (including phenoxy) is 1. The van der Waals surface area contributed by atoms with Crippen LogP contribution in [0, 0.1) is 5.82 Å². The first-order valence-electron chi connectivity index (χ1n) is 6.78. The Morgan fingerprint density at radius 3 is 2.50 bits per heavy atom. The molecule has 1 N–H and O–H groups in total. The van der Waals surface area contributed by atoms with E-state index in [9.17, 15) is 9.50 Å². The molecule has 2 aromatic carbocycles. The van der Waals surface area contributed by atoms with Gasteiger partial charge in [0.15, 0.2) is 0 Å². The normalized spacial score (nSPS) is 12.2. The molecule has 0 saturated carbocycles. The van der Waals surface area contributed by atoms with Crippen LogP contribution in [0.25, 0.3) is 0 Å². The Kier molecular flexibility index (Phi) is 5.13. The maximum absolute atomic E-state index is 13.0. The highest BCUT2D eigenvalue weighted by molar-refractivity contribution is 5.28. The van der Waals surface area contributed by atoms with Crippen LogP contribution in [-0.4, -0.2) is 11.2 Å². The first-order valence-corrected chi connectivity index (χ1v) is 6.78. The Balaban J connectivity index is 1.87. The number of benzene rings is 2. The Morgan fingerprint density at radius 1 is 1.10 bits per heavy atom. The van der Waals surface area contributed by atoms with Crippen molar-refractivity contribution in [1.29, 1.82) is 0 Å². The standard InChI is InChI=1S/C17H19FO2/c1-13(19)5-6-14-7-9-17(10-8-14)20-12-15-3-2-4-16(18)11-15/h2-4,7-11,13,19H,5-6,12H2,1H3. The Bertz CT molecular complexity index is 535. The highest BCUT2D eigenvalue weighted by Crippen LogP contribution is 2.16. The van der Waals surface area contributed by atoms with E-state index in [1.165, 1.54) is 17.7 Å². The van der Waals surface area contributed by atoms with Gasteiger partial charge in [-0.2, -0.15) is 0 Å². The molecule has 0 amide bonds. The second-order valence-electron chi connectivity index (χ2n) is 4.95. The van der Waals surface area contributed by atoms with E-state index in [1.54, 1.807) is 13.0 Å². The number of hydrogen-bond acceptors (Lipinski definition) is 2. The summed E-state index contributed by atoms with van der Waals surface area (Å²) in [5.74, 6) is 0.509. The van der Waals surface area contributed by atoms with Crippen molar-refractivity contribution in [2.24, 2.45) is 0 Å². The molecule has 0 radical (unpaired) electrons. The largest absolute Gasteiger partial charge is 0.489 e. The summed E-state index contributed by atoms with van der Waals surface area (Å²) in [6.45, 7) is 2.14. The van der Waals surface area contributed by atoms with Gasteiger partial charge in [0.1, 0.15) is 18.2 Å². The number of rotatable bonds is 6. The van der Waals surface area contributed by atoms with Crippen molar-refractivity contribution >= 4 is 0 Å². The Labute approximate surface area is 118 Å². The van der Waals surface area contributed by atoms with Gasteiger partial charge >= 0.3 is 0 Å². The molecule has 0 fully saturated rings. The van der Waals surface area contributed by atoms with Crippen molar-refractivity contribution in [3.63, 3.8) is 0 Å². The molecule has 0 saturated heterocycles. The van der Waals surface area contributed by atoms with Gasteiger partial charge in [0.05, 0.1) is 6.10 Å². The summed E-state index contributed by atoms with van der Waals surface area (Å²) in [6.07, 6.45) is 1.32. The summed E-state index contributed by atoms with van der Waals surface area (Å²) in [6, 6.07) is 14.2. The smallest absolute Gasteiger partial charge is 0.123 e. The maximum atomic E-state index is 13.0. The van der Waals surface area contributed by atoms with Crippen molar-refractivity contribution in [1.82, 2.24) is 0 Å². The lowest BCUT2D eigenvalue weighted by Gasteiger charge is -2.08. The molecule has 20 heavy (non-hydrogen) atoms. The van der Waals surface area contributed by atoms with E-state index in [2.05, 4.69) is 0 Å². The molecule has 0 aliphatic heterocycles. The van der Waals surface area contributed by atoms with E-state index in [-0.39, 0.29) is 11.9 Å². The predicted octanol–water partition coefficient (Wildman–Crippen LogP) is 3.72. The highest BCUT2D eigenvalue weighted by Gasteiger charge is 2.00. The zero-order valence-corrected chi connectivity index (χ0v) is 11.6. The van der Waals surface area contributed by atoms with E-state index < -0.39 is 0 Å². The summed E-state index contributed by atoms with van der Waals surface area (Å²) >= 11 is 0. The zero-order chi connectivity index (χ0) is 14.4. The summed E-state index contributed by atoms with van der Waals surface area (Å²) in [4.78, 5) is 0. The number of hydrogen-bond donors (Lipinski definition) is 1. The van der Waals surface area contributed by atoms with Gasteiger partial charge in [-0.05, 0) is 55.2 Å². The molecule has 0 aromatic heterocycles. The fourth-order valence-corrected chi connectivity index (χ4v) is 1.92. The van der Waals surface area contributed by atoms with Crippen LogP contribution in [0.5, 0.6) is 5.75 Å². The lowest BCUT2D eigenvalue weighted by atomic mass is 10.1. The molecule has 0 bridgehead atoms. The Morgan fingerprint density at radius 2 is 1.85 bits per heavy atom. The van der Waals surface area contributed by atoms with Crippen molar-refractivity contribution in [3.8, 4) is 5.75 Å². The van der Waals surface area contributed by atoms with Crippen LogP contribution >= 0.6 is 0 Å². The molecular formula is C17H19FO2. The van der Waals surface area contributed by atoms with Gasteiger partial charge < -0.3 is 9.84 Å². The van der Waals surface area contributed by atoms with Crippen molar-refractivity contribution in [2.45, 2.75) is 32.5 Å². The van der Waals surface area contributed by atoms with Crippen LogP contribution in [0.3, 0.4) is 0 Å². The second kappa shape index (κ2) is 7.06. The fourth-order valence-electron chi connectivity index (χ4n) is 1.92. The number of aryl methyl sites for hydroxylation is 1. The first kappa shape index (κ1) is 14.5. The summed E-state index contributed by atoms with van der Waals surface area (Å²) < 4.78 is 18.6. The summed E-state index contributed by atoms with van der Waals surface area (Å²) in [5.41, 5.74) is 1.98. The molecule has 1 atom stereocenters. The molecule has 2 nitrogen and oxygen atoms in total. The molecule has 2 aromatic rings. The van der Waals surface area contributed by atoms with E-state index in [1.807, 2.05) is 30.3 Å². The predicted molar refractivity (Wildman–Crippen MR) is 77.2 cm³/mol. The Hall–Kier alpha value is -1.87. The van der Waals surface area contributed by atoms with Crippen molar-refractivity contribution < 1.29 is 14.2 Å². The first-order chi connectivity index (χ1) is 9.63. The van der Waals surface area contributed by atoms with Gasteiger partial charge in [0.2, 0.25) is 0 Å². The van der Waals surface area contributed by atoms with Crippen LogP contribution < -0.4 is 4.74 Å². The average Bonchev–Trinajstić information content (AvgIpc) is 2.44. The maximum Gasteiger partial charge on any atom is 0.123 e. The molecule has 2 rings (SSSR count). The lowest BCUT2D eigenvalue weighted by Crippen LogP contribution is -2.01. The van der Waals surface area contributed by atoms with E-state index in [0.717, 1.165) is 24.2 Å². The minimum Gasteiger partial charge on any atom is -0.489 e. The van der Waals surface area contributed by atoms with Gasteiger partial charge in [-0.15, -0.1) is 0 Å². The molecule has 1 unspecified atom stereocenters. The monoisotopic (exact) mass is 274 g/mol. The minimum atomic E-state index is -0.279. The van der Waals surface area contributed by atoms with E-state index in [4.69, 9.17) is 4.74 Å². The molecule has 0 spiro atoms. The van der Waals surface area contributed by atoms with Crippen LogP contribution in [-0.2, 0) is 13.0 Å². The average molecular weight is 274 g/mol. The molecule has 0 aliphatic rings. The molecule has 0 aliphatic carbocycles. The van der Waals surface area contributed by atoms with Crippen LogP contribution in [0.15, 0.2) is 48.5 Å². The SMILES string of the molecule is CC(O)CCc1ccc(OCc2cccc(F)c2)cc1. The van der Waals surface area contributed by atoms with Crippen molar-refractivity contribution in [3.05, 3.63) is 65.5 Å². The van der Waals surface area contributed by atoms with E-state index in [0.29, 0.717) is 6.61 Å². The third-order valence-electron chi connectivity index (χ3n) is 3.07.